The van der Waals surface area contributed by atoms with Crippen molar-refractivity contribution in [2.45, 2.75) is 0 Å². The van der Waals surface area contributed by atoms with Gasteiger partial charge >= 0.3 is 5.97 Å². The molecule has 3 aromatic rings. The number of esters is 1. The van der Waals surface area contributed by atoms with E-state index in [0.717, 1.165) is 0 Å². The van der Waals surface area contributed by atoms with Crippen LogP contribution in [0.4, 0.5) is 0 Å². The second-order valence-corrected chi connectivity index (χ2v) is 5.18. The summed E-state index contributed by atoms with van der Waals surface area (Å²) in [7, 11) is 0. The van der Waals surface area contributed by atoms with Gasteiger partial charge in [0.25, 0.3) is 0 Å². The van der Waals surface area contributed by atoms with Crippen LogP contribution in [0.5, 0.6) is 5.75 Å². The molecule has 0 saturated carbocycles. The quantitative estimate of drug-likeness (QED) is 0.505. The third-order valence-corrected chi connectivity index (χ3v) is 3.31. The molecule has 0 fully saturated rings. The lowest BCUT2D eigenvalue weighted by Gasteiger charge is -2.08. The first-order valence-corrected chi connectivity index (χ1v) is 7.49. The molecule has 0 spiro atoms. The van der Waals surface area contributed by atoms with Crippen LogP contribution in [0.3, 0.4) is 0 Å². The van der Waals surface area contributed by atoms with E-state index in [1.54, 1.807) is 48.5 Å². The standard InChI is InChI=1S/C16H13ClN4O3/c17-13-4-2-6-15(10-13)23-7-8-24-16(22)12-3-1-5-14(9-12)21-11-18-19-20-21/h1-6,9-11H,7-8H2. The number of hydrogen-bond donors (Lipinski definition) is 0. The molecule has 122 valence electrons. The van der Waals surface area contributed by atoms with Gasteiger partial charge in [0, 0.05) is 5.02 Å². The second-order valence-electron chi connectivity index (χ2n) is 4.75. The number of rotatable bonds is 6. The molecule has 8 heteroatoms. The van der Waals surface area contributed by atoms with Crippen LogP contribution in [0.25, 0.3) is 5.69 Å². The van der Waals surface area contributed by atoms with E-state index >= 15 is 0 Å². The number of tetrazole rings is 1. The van der Waals surface area contributed by atoms with Gasteiger partial charge in [0.05, 0.1) is 11.3 Å². The van der Waals surface area contributed by atoms with Gasteiger partial charge < -0.3 is 9.47 Å². The van der Waals surface area contributed by atoms with Crippen molar-refractivity contribution in [2.75, 3.05) is 13.2 Å². The Morgan fingerprint density at radius 1 is 1.12 bits per heavy atom. The van der Waals surface area contributed by atoms with Crippen molar-refractivity contribution in [3.05, 3.63) is 65.4 Å². The highest BCUT2D eigenvalue weighted by Crippen LogP contribution is 2.17. The predicted molar refractivity (Wildman–Crippen MR) is 86.4 cm³/mol. The van der Waals surface area contributed by atoms with Gasteiger partial charge in [0.15, 0.2) is 0 Å². The fourth-order valence-electron chi connectivity index (χ4n) is 1.99. The first-order chi connectivity index (χ1) is 11.7. The molecule has 0 bridgehead atoms. The Kier molecular flexibility index (Phi) is 5.02. The smallest absolute Gasteiger partial charge is 0.338 e. The van der Waals surface area contributed by atoms with Gasteiger partial charge in [-0.3, -0.25) is 0 Å². The summed E-state index contributed by atoms with van der Waals surface area (Å²) >= 11 is 5.86. The topological polar surface area (TPSA) is 79.1 Å². The number of ether oxygens (including phenoxy) is 2. The molecule has 0 radical (unpaired) electrons. The Balaban J connectivity index is 1.53. The molecule has 0 aliphatic heterocycles. The summed E-state index contributed by atoms with van der Waals surface area (Å²) in [6, 6.07) is 13.8. The molecule has 0 aliphatic carbocycles. The van der Waals surface area contributed by atoms with Gasteiger partial charge in [0.2, 0.25) is 0 Å². The van der Waals surface area contributed by atoms with E-state index in [1.165, 1.54) is 11.0 Å². The lowest BCUT2D eigenvalue weighted by atomic mass is 10.2. The number of carbonyl (C=O) groups is 1. The van der Waals surface area contributed by atoms with Crippen LogP contribution in [0.1, 0.15) is 10.4 Å². The highest BCUT2D eigenvalue weighted by Gasteiger charge is 2.09. The highest BCUT2D eigenvalue weighted by molar-refractivity contribution is 6.30. The van der Waals surface area contributed by atoms with Crippen molar-refractivity contribution in [1.82, 2.24) is 20.2 Å². The van der Waals surface area contributed by atoms with Gasteiger partial charge in [-0.25, -0.2) is 9.48 Å². The fraction of sp³-hybridized carbons (Fsp3) is 0.125. The third-order valence-electron chi connectivity index (χ3n) is 3.08. The fourth-order valence-corrected chi connectivity index (χ4v) is 2.17. The minimum atomic E-state index is -0.445. The monoisotopic (exact) mass is 344 g/mol. The number of halogens is 1. The van der Waals surface area contributed by atoms with Crippen LogP contribution in [0.15, 0.2) is 54.9 Å². The van der Waals surface area contributed by atoms with Crippen molar-refractivity contribution in [3.63, 3.8) is 0 Å². The maximum Gasteiger partial charge on any atom is 0.338 e. The molecule has 0 aliphatic rings. The third kappa shape index (κ3) is 4.08. The SMILES string of the molecule is O=C(OCCOc1cccc(Cl)c1)c1cccc(-n2cnnn2)c1. The van der Waals surface area contributed by atoms with Crippen molar-refractivity contribution in [1.29, 1.82) is 0 Å². The molecule has 2 aromatic carbocycles. The largest absolute Gasteiger partial charge is 0.490 e. The lowest BCUT2D eigenvalue weighted by Crippen LogP contribution is -2.12. The van der Waals surface area contributed by atoms with Crippen molar-refractivity contribution in [2.24, 2.45) is 0 Å². The van der Waals surface area contributed by atoms with Crippen LogP contribution < -0.4 is 4.74 Å². The summed E-state index contributed by atoms with van der Waals surface area (Å²) in [5.74, 6) is 0.179. The van der Waals surface area contributed by atoms with E-state index in [9.17, 15) is 4.79 Å². The Hall–Kier alpha value is -2.93. The summed E-state index contributed by atoms with van der Waals surface area (Å²) in [5.41, 5.74) is 1.08. The van der Waals surface area contributed by atoms with E-state index in [1.807, 2.05) is 0 Å². The van der Waals surface area contributed by atoms with Crippen LogP contribution in [-0.2, 0) is 4.74 Å². The Bertz CT molecular complexity index is 824. The molecule has 3 rings (SSSR count). The maximum atomic E-state index is 12.1. The molecular weight excluding hydrogens is 332 g/mol. The normalized spacial score (nSPS) is 10.4. The average Bonchev–Trinajstić information content (AvgIpc) is 3.13. The Labute approximate surface area is 142 Å². The number of carbonyl (C=O) groups excluding carboxylic acids is 1. The van der Waals surface area contributed by atoms with E-state index in [2.05, 4.69) is 15.5 Å². The van der Waals surface area contributed by atoms with Crippen LogP contribution >= 0.6 is 11.6 Å². The summed E-state index contributed by atoms with van der Waals surface area (Å²) in [4.78, 5) is 12.1. The molecule has 0 unspecified atom stereocenters. The zero-order valence-corrected chi connectivity index (χ0v) is 13.3. The molecule has 0 atom stereocenters. The van der Waals surface area contributed by atoms with Crippen LogP contribution in [0, 0.1) is 0 Å². The molecule has 1 aromatic heterocycles. The van der Waals surface area contributed by atoms with Gasteiger partial charge in [-0.2, -0.15) is 0 Å². The van der Waals surface area contributed by atoms with E-state index < -0.39 is 5.97 Å². The molecule has 24 heavy (non-hydrogen) atoms. The number of nitrogens with zero attached hydrogens (tertiary/aromatic N) is 4. The van der Waals surface area contributed by atoms with Crippen LogP contribution in [0.2, 0.25) is 5.02 Å². The van der Waals surface area contributed by atoms with Gasteiger partial charge in [-0.05, 0) is 46.8 Å². The van der Waals surface area contributed by atoms with Crippen molar-refractivity contribution in [3.8, 4) is 11.4 Å². The molecule has 0 amide bonds. The first-order valence-electron chi connectivity index (χ1n) is 7.11. The molecule has 0 saturated heterocycles. The van der Waals surface area contributed by atoms with Crippen LogP contribution in [-0.4, -0.2) is 39.4 Å². The number of benzene rings is 2. The zero-order chi connectivity index (χ0) is 16.8. The van der Waals surface area contributed by atoms with E-state index in [4.69, 9.17) is 21.1 Å². The summed E-state index contributed by atoms with van der Waals surface area (Å²) < 4.78 is 12.1. The summed E-state index contributed by atoms with van der Waals surface area (Å²) in [6.07, 6.45) is 1.45. The minimum Gasteiger partial charge on any atom is -0.490 e. The van der Waals surface area contributed by atoms with E-state index in [0.29, 0.717) is 22.0 Å². The Morgan fingerprint density at radius 2 is 2.00 bits per heavy atom. The molecule has 7 nitrogen and oxygen atoms in total. The van der Waals surface area contributed by atoms with Gasteiger partial charge in [0.1, 0.15) is 25.3 Å². The van der Waals surface area contributed by atoms with Crippen molar-refractivity contribution >= 4 is 17.6 Å². The first kappa shape index (κ1) is 15.9. The average molecular weight is 345 g/mol. The molecular formula is C16H13ClN4O3. The van der Waals surface area contributed by atoms with E-state index in [-0.39, 0.29) is 13.2 Å². The van der Waals surface area contributed by atoms with Gasteiger partial charge in [-0.15, -0.1) is 5.10 Å². The second kappa shape index (κ2) is 7.56. The zero-order valence-electron chi connectivity index (χ0n) is 12.5. The van der Waals surface area contributed by atoms with Crippen molar-refractivity contribution < 1.29 is 14.3 Å². The summed E-state index contributed by atoms with van der Waals surface area (Å²) in [6.45, 7) is 0.360. The molecule has 1 heterocycles. The lowest BCUT2D eigenvalue weighted by molar-refractivity contribution is 0.0450. The number of hydrogen-bond acceptors (Lipinski definition) is 6. The summed E-state index contributed by atoms with van der Waals surface area (Å²) in [5, 5.41) is 11.5. The predicted octanol–water partition coefficient (Wildman–Crippen LogP) is 2.55. The minimum absolute atomic E-state index is 0.125. The maximum absolute atomic E-state index is 12.1. The molecule has 0 N–H and O–H groups in total. The Morgan fingerprint density at radius 3 is 2.79 bits per heavy atom. The number of aromatic nitrogens is 4. The highest BCUT2D eigenvalue weighted by atomic mass is 35.5. The van der Waals surface area contributed by atoms with Gasteiger partial charge in [-0.1, -0.05) is 23.7 Å².